The molecule has 0 radical (unpaired) electrons. The molecule has 0 atom stereocenters. The number of nitrogens with zero attached hydrogens (tertiary/aromatic N) is 2. The second-order valence-corrected chi connectivity index (χ2v) is 6.69. The first kappa shape index (κ1) is 17.5. The van der Waals surface area contributed by atoms with Crippen molar-refractivity contribution in [2.75, 3.05) is 0 Å². The van der Waals surface area contributed by atoms with E-state index >= 15 is 0 Å². The van der Waals surface area contributed by atoms with Gasteiger partial charge in [-0.2, -0.15) is 4.98 Å². The van der Waals surface area contributed by atoms with Gasteiger partial charge in [0.15, 0.2) is 5.65 Å². The Bertz CT molecular complexity index is 907. The van der Waals surface area contributed by atoms with Gasteiger partial charge in [-0.05, 0) is 31.4 Å². The molecule has 0 amide bonds. The predicted molar refractivity (Wildman–Crippen MR) is 101 cm³/mol. The van der Waals surface area contributed by atoms with Crippen LogP contribution in [0.25, 0.3) is 11.0 Å². The Hall–Kier alpha value is -2.36. The number of hydrogen-bond donors (Lipinski definition) is 0. The lowest BCUT2D eigenvalue weighted by molar-refractivity contribution is 0.433. The van der Waals surface area contributed by atoms with Gasteiger partial charge in [-0.1, -0.05) is 56.5 Å². The van der Waals surface area contributed by atoms with E-state index < -0.39 is 0 Å². The van der Waals surface area contributed by atoms with Crippen LogP contribution in [-0.4, -0.2) is 9.55 Å². The second kappa shape index (κ2) is 7.68. The topological polar surface area (TPSA) is 48.0 Å². The molecule has 2 aromatic heterocycles. The number of rotatable bonds is 7. The molecule has 0 unspecified atom stereocenters. The Morgan fingerprint density at radius 2 is 1.84 bits per heavy atom. The summed E-state index contributed by atoms with van der Waals surface area (Å²) in [5.74, 6) is 0.556. The third kappa shape index (κ3) is 3.68. The number of aryl methyl sites for hydroxylation is 2. The average Bonchev–Trinajstić information content (AvgIpc) is 2.85. The minimum Gasteiger partial charge on any atom is -0.408 e. The molecule has 0 aliphatic heterocycles. The molecule has 4 heteroatoms. The van der Waals surface area contributed by atoms with Gasteiger partial charge >= 0.3 is 5.63 Å². The van der Waals surface area contributed by atoms with Gasteiger partial charge in [0.25, 0.3) is 0 Å². The molecule has 0 bridgehead atoms. The van der Waals surface area contributed by atoms with Gasteiger partial charge in [0.1, 0.15) is 5.39 Å². The molecule has 4 nitrogen and oxygen atoms in total. The number of fused-ring (bicyclic) bond motifs is 1. The third-order valence-electron chi connectivity index (χ3n) is 4.87. The summed E-state index contributed by atoms with van der Waals surface area (Å²) in [7, 11) is 0. The average molecular weight is 338 g/mol. The summed E-state index contributed by atoms with van der Waals surface area (Å²) in [6, 6.07) is 10.3. The summed E-state index contributed by atoms with van der Waals surface area (Å²) in [5, 5.41) is 0.616. The van der Waals surface area contributed by atoms with Gasteiger partial charge in [-0.3, -0.25) is 0 Å². The van der Waals surface area contributed by atoms with Crippen LogP contribution in [0.4, 0.5) is 0 Å². The second-order valence-electron chi connectivity index (χ2n) is 6.69. The zero-order valence-corrected chi connectivity index (χ0v) is 15.3. The fourth-order valence-electron chi connectivity index (χ4n) is 3.27. The molecule has 0 saturated carbocycles. The van der Waals surface area contributed by atoms with E-state index in [2.05, 4.69) is 23.6 Å². The number of benzene rings is 1. The summed E-state index contributed by atoms with van der Waals surface area (Å²) in [5.41, 5.74) is 3.72. The summed E-state index contributed by atoms with van der Waals surface area (Å²) in [6.45, 7) is 6.91. The van der Waals surface area contributed by atoms with Gasteiger partial charge in [0.2, 0.25) is 5.89 Å². The molecular weight excluding hydrogens is 312 g/mol. The van der Waals surface area contributed by atoms with Crippen LogP contribution < -0.4 is 5.63 Å². The van der Waals surface area contributed by atoms with E-state index in [0.29, 0.717) is 17.8 Å². The van der Waals surface area contributed by atoms with Crippen molar-refractivity contribution in [2.45, 2.75) is 59.4 Å². The fourth-order valence-corrected chi connectivity index (χ4v) is 3.27. The summed E-state index contributed by atoms with van der Waals surface area (Å²) >= 11 is 0. The SMILES string of the molecule is CCCCCCc1nc2c(c(C)c(C)n2Cc2ccccc2)c(=O)o1. The van der Waals surface area contributed by atoms with Crippen LogP contribution in [0.1, 0.15) is 55.3 Å². The summed E-state index contributed by atoms with van der Waals surface area (Å²) in [6.07, 6.45) is 5.26. The third-order valence-corrected chi connectivity index (χ3v) is 4.87. The Kier molecular flexibility index (Phi) is 5.37. The summed E-state index contributed by atoms with van der Waals surface area (Å²) in [4.78, 5) is 17.2. The minimum atomic E-state index is -0.261. The maximum atomic E-state index is 12.5. The van der Waals surface area contributed by atoms with Gasteiger partial charge in [-0.15, -0.1) is 0 Å². The highest BCUT2D eigenvalue weighted by molar-refractivity contribution is 5.80. The smallest absolute Gasteiger partial charge is 0.348 e. The lowest BCUT2D eigenvalue weighted by atomic mass is 10.1. The minimum absolute atomic E-state index is 0.261. The molecular formula is C21H26N2O2. The van der Waals surface area contributed by atoms with Crippen molar-refractivity contribution in [1.82, 2.24) is 9.55 Å². The van der Waals surface area contributed by atoms with Crippen molar-refractivity contribution in [3.8, 4) is 0 Å². The zero-order chi connectivity index (χ0) is 17.8. The predicted octanol–water partition coefficient (Wildman–Crippen LogP) is 4.78. The van der Waals surface area contributed by atoms with E-state index in [0.717, 1.165) is 36.2 Å². The molecule has 0 aliphatic rings. The number of unbranched alkanes of at least 4 members (excludes halogenated alkanes) is 3. The van der Waals surface area contributed by atoms with Crippen LogP contribution in [-0.2, 0) is 13.0 Å². The van der Waals surface area contributed by atoms with Crippen molar-refractivity contribution in [3.63, 3.8) is 0 Å². The summed E-state index contributed by atoms with van der Waals surface area (Å²) < 4.78 is 7.62. The highest BCUT2D eigenvalue weighted by Gasteiger charge is 2.18. The van der Waals surface area contributed by atoms with Crippen molar-refractivity contribution in [2.24, 2.45) is 0 Å². The van der Waals surface area contributed by atoms with Crippen LogP contribution in [0.3, 0.4) is 0 Å². The van der Waals surface area contributed by atoms with Crippen LogP contribution in [0.2, 0.25) is 0 Å². The maximum absolute atomic E-state index is 12.5. The van der Waals surface area contributed by atoms with E-state index in [1.165, 1.54) is 18.4 Å². The highest BCUT2D eigenvalue weighted by atomic mass is 16.4. The molecule has 25 heavy (non-hydrogen) atoms. The Balaban J connectivity index is 1.99. The molecule has 0 spiro atoms. The maximum Gasteiger partial charge on any atom is 0.348 e. The molecule has 0 fully saturated rings. The molecule has 3 rings (SSSR count). The van der Waals surface area contributed by atoms with Crippen molar-refractivity contribution >= 4 is 11.0 Å². The number of aromatic nitrogens is 2. The van der Waals surface area contributed by atoms with Gasteiger partial charge in [0.05, 0.1) is 0 Å². The molecule has 0 N–H and O–H groups in total. The van der Waals surface area contributed by atoms with E-state index in [1.807, 2.05) is 32.0 Å². The fraction of sp³-hybridized carbons (Fsp3) is 0.429. The molecule has 0 saturated heterocycles. The van der Waals surface area contributed by atoms with Crippen molar-refractivity contribution < 1.29 is 4.42 Å². The Morgan fingerprint density at radius 3 is 2.56 bits per heavy atom. The standard InChI is InChI=1S/C21H26N2O2/c1-4-5-6-10-13-18-22-20-19(21(24)25-18)15(2)16(3)23(20)14-17-11-8-7-9-12-17/h7-9,11-12H,4-6,10,13-14H2,1-3H3. The zero-order valence-electron chi connectivity index (χ0n) is 15.3. The quantitative estimate of drug-likeness (QED) is 0.583. The Morgan fingerprint density at radius 1 is 1.08 bits per heavy atom. The van der Waals surface area contributed by atoms with Crippen molar-refractivity contribution in [1.29, 1.82) is 0 Å². The normalized spacial score (nSPS) is 11.3. The van der Waals surface area contributed by atoms with E-state index in [1.54, 1.807) is 0 Å². The van der Waals surface area contributed by atoms with Crippen molar-refractivity contribution in [3.05, 3.63) is 63.5 Å². The van der Waals surface area contributed by atoms with Gasteiger partial charge < -0.3 is 8.98 Å². The van der Waals surface area contributed by atoms with Crippen LogP contribution >= 0.6 is 0 Å². The van der Waals surface area contributed by atoms with Crippen LogP contribution in [0.15, 0.2) is 39.5 Å². The van der Waals surface area contributed by atoms with Crippen LogP contribution in [0.5, 0.6) is 0 Å². The molecule has 3 aromatic rings. The molecule has 132 valence electrons. The Labute approximate surface area is 148 Å². The highest BCUT2D eigenvalue weighted by Crippen LogP contribution is 2.23. The lowest BCUT2D eigenvalue weighted by Crippen LogP contribution is -2.08. The van der Waals surface area contributed by atoms with Gasteiger partial charge in [-0.25, -0.2) is 4.79 Å². The molecule has 1 aromatic carbocycles. The van der Waals surface area contributed by atoms with E-state index in [-0.39, 0.29) is 5.63 Å². The van der Waals surface area contributed by atoms with E-state index in [9.17, 15) is 4.79 Å². The lowest BCUT2D eigenvalue weighted by Gasteiger charge is -2.08. The van der Waals surface area contributed by atoms with Crippen LogP contribution in [0, 0.1) is 13.8 Å². The first-order valence-corrected chi connectivity index (χ1v) is 9.15. The van der Waals surface area contributed by atoms with Gasteiger partial charge in [0, 0.05) is 18.7 Å². The molecule has 2 heterocycles. The first-order chi connectivity index (χ1) is 12.1. The monoisotopic (exact) mass is 338 g/mol. The van der Waals surface area contributed by atoms with E-state index in [4.69, 9.17) is 9.40 Å². The number of hydrogen-bond acceptors (Lipinski definition) is 3. The molecule has 0 aliphatic carbocycles. The first-order valence-electron chi connectivity index (χ1n) is 9.15. The largest absolute Gasteiger partial charge is 0.408 e.